The van der Waals surface area contributed by atoms with Gasteiger partial charge in [-0.15, -0.1) is 0 Å². The van der Waals surface area contributed by atoms with Crippen molar-refractivity contribution in [2.75, 3.05) is 13.1 Å². The number of carbonyl (C=O) groups excluding carboxylic acids is 1. The van der Waals surface area contributed by atoms with E-state index < -0.39 is 0 Å². The molecule has 2 nitrogen and oxygen atoms in total. The lowest BCUT2D eigenvalue weighted by Gasteiger charge is -2.22. The van der Waals surface area contributed by atoms with E-state index in [1.165, 1.54) is 25.7 Å². The molecule has 0 bridgehead atoms. The third kappa shape index (κ3) is 3.25. The minimum absolute atomic E-state index is 0.229. The zero-order valence-corrected chi connectivity index (χ0v) is 12.6. The average Bonchev–Trinajstić information content (AvgIpc) is 3.22. The Kier molecular flexibility index (Phi) is 3.59. The Balaban J connectivity index is 1.72. The predicted octanol–water partition coefficient (Wildman–Crippen LogP) is 3.55. The van der Waals surface area contributed by atoms with Crippen LogP contribution >= 0.6 is 22.6 Å². The highest BCUT2D eigenvalue weighted by Crippen LogP contribution is 2.34. The van der Waals surface area contributed by atoms with Gasteiger partial charge in [0.2, 0.25) is 0 Å². The molecule has 1 aromatic rings. The smallest absolute Gasteiger partial charge is 0.253 e. The van der Waals surface area contributed by atoms with E-state index in [0.29, 0.717) is 0 Å². The van der Waals surface area contributed by atoms with Crippen molar-refractivity contribution in [1.82, 2.24) is 4.90 Å². The van der Waals surface area contributed by atoms with E-state index in [1.54, 1.807) is 0 Å². The number of rotatable bonds is 5. The molecule has 1 amide bonds. The summed E-state index contributed by atoms with van der Waals surface area (Å²) in [6, 6.07) is 7.94. The summed E-state index contributed by atoms with van der Waals surface area (Å²) in [4.78, 5) is 14.6. The first-order valence-electron chi connectivity index (χ1n) is 6.77. The van der Waals surface area contributed by atoms with Gasteiger partial charge in [0.05, 0.1) is 0 Å². The van der Waals surface area contributed by atoms with Crippen LogP contribution in [0.2, 0.25) is 0 Å². The summed E-state index contributed by atoms with van der Waals surface area (Å²) in [6.45, 7) is 1.95. The predicted molar refractivity (Wildman–Crippen MR) is 80.5 cm³/mol. The fourth-order valence-corrected chi connectivity index (χ4v) is 2.81. The molecule has 2 aliphatic rings. The Bertz CT molecular complexity index is 438. The Hall–Kier alpha value is -0.580. The van der Waals surface area contributed by atoms with Crippen LogP contribution < -0.4 is 0 Å². The molecule has 0 saturated heterocycles. The minimum atomic E-state index is 0.229. The Morgan fingerprint density at radius 1 is 1.17 bits per heavy atom. The maximum atomic E-state index is 12.5. The number of amides is 1. The van der Waals surface area contributed by atoms with Crippen LogP contribution in [0.25, 0.3) is 0 Å². The second kappa shape index (κ2) is 5.19. The third-order valence-electron chi connectivity index (χ3n) is 3.71. The van der Waals surface area contributed by atoms with Gasteiger partial charge in [-0.2, -0.15) is 0 Å². The molecule has 0 unspecified atom stereocenters. The highest BCUT2D eigenvalue weighted by Gasteiger charge is 2.31. The summed E-state index contributed by atoms with van der Waals surface area (Å²) in [5, 5.41) is 0. The van der Waals surface area contributed by atoms with Crippen LogP contribution in [-0.4, -0.2) is 23.9 Å². The lowest BCUT2D eigenvalue weighted by molar-refractivity contribution is 0.0739. The lowest BCUT2D eigenvalue weighted by Crippen LogP contribution is -2.34. The van der Waals surface area contributed by atoms with Crippen LogP contribution in [0.4, 0.5) is 0 Å². The average molecular weight is 355 g/mol. The second-order valence-corrected chi connectivity index (χ2v) is 6.85. The van der Waals surface area contributed by atoms with Gasteiger partial charge in [0.25, 0.3) is 5.91 Å². The summed E-state index contributed by atoms with van der Waals surface area (Å²) < 4.78 is 1.14. The zero-order chi connectivity index (χ0) is 12.5. The quantitative estimate of drug-likeness (QED) is 0.740. The van der Waals surface area contributed by atoms with Gasteiger partial charge < -0.3 is 4.90 Å². The molecule has 3 heteroatoms. The second-order valence-electron chi connectivity index (χ2n) is 5.61. The number of nitrogens with zero attached hydrogens (tertiary/aromatic N) is 1. The van der Waals surface area contributed by atoms with Crippen molar-refractivity contribution in [1.29, 1.82) is 0 Å². The molecular formula is C15H18INO. The molecule has 0 aliphatic heterocycles. The van der Waals surface area contributed by atoms with Crippen LogP contribution in [0.5, 0.6) is 0 Å². The molecule has 0 heterocycles. The van der Waals surface area contributed by atoms with Crippen molar-refractivity contribution in [3.05, 3.63) is 33.4 Å². The van der Waals surface area contributed by atoms with Gasteiger partial charge in [0.15, 0.2) is 0 Å². The van der Waals surface area contributed by atoms with Gasteiger partial charge in [0.1, 0.15) is 0 Å². The van der Waals surface area contributed by atoms with E-state index in [4.69, 9.17) is 0 Å². The summed E-state index contributed by atoms with van der Waals surface area (Å²) >= 11 is 2.27. The first-order valence-corrected chi connectivity index (χ1v) is 7.85. The van der Waals surface area contributed by atoms with E-state index in [0.717, 1.165) is 34.1 Å². The zero-order valence-electron chi connectivity index (χ0n) is 10.4. The first kappa shape index (κ1) is 12.5. The van der Waals surface area contributed by atoms with E-state index in [-0.39, 0.29) is 5.91 Å². The van der Waals surface area contributed by atoms with Crippen molar-refractivity contribution in [3.63, 3.8) is 0 Å². The van der Waals surface area contributed by atoms with Crippen LogP contribution in [0.1, 0.15) is 36.0 Å². The molecule has 0 radical (unpaired) electrons. The maximum absolute atomic E-state index is 12.5. The van der Waals surface area contributed by atoms with Crippen molar-refractivity contribution < 1.29 is 4.79 Å². The number of hydrogen-bond acceptors (Lipinski definition) is 1. The first-order chi connectivity index (χ1) is 8.72. The van der Waals surface area contributed by atoms with Gasteiger partial charge in [0, 0.05) is 22.2 Å². The molecule has 96 valence electrons. The molecular weight excluding hydrogens is 337 g/mol. The van der Waals surface area contributed by atoms with Crippen LogP contribution in [-0.2, 0) is 0 Å². The van der Waals surface area contributed by atoms with Gasteiger partial charge in [-0.25, -0.2) is 0 Å². The third-order valence-corrected chi connectivity index (χ3v) is 4.38. The van der Waals surface area contributed by atoms with Crippen molar-refractivity contribution in [2.45, 2.75) is 25.7 Å². The summed E-state index contributed by atoms with van der Waals surface area (Å²) in [7, 11) is 0. The van der Waals surface area contributed by atoms with Gasteiger partial charge in [-0.05, 0) is 78.3 Å². The fourth-order valence-electron chi connectivity index (χ4n) is 2.27. The van der Waals surface area contributed by atoms with E-state index >= 15 is 0 Å². The standard InChI is InChI=1S/C15H18INO/c16-14-3-1-2-13(8-14)15(18)17(9-11-4-5-11)10-12-6-7-12/h1-3,8,11-12H,4-7,9-10H2. The molecule has 0 spiro atoms. The number of carbonyl (C=O) groups is 1. The SMILES string of the molecule is O=C(c1cccc(I)c1)N(CC1CC1)CC1CC1. The molecule has 2 fully saturated rings. The molecule has 3 rings (SSSR count). The van der Waals surface area contributed by atoms with Crippen molar-refractivity contribution in [3.8, 4) is 0 Å². The number of halogens is 1. The molecule has 0 aromatic heterocycles. The van der Waals surface area contributed by atoms with Crippen LogP contribution in [0.15, 0.2) is 24.3 Å². The Morgan fingerprint density at radius 3 is 2.28 bits per heavy atom. The Morgan fingerprint density at radius 2 is 1.78 bits per heavy atom. The summed E-state index contributed by atoms with van der Waals surface area (Å²) in [6.07, 6.45) is 5.23. The lowest BCUT2D eigenvalue weighted by atomic mass is 10.2. The molecule has 0 N–H and O–H groups in total. The summed E-state index contributed by atoms with van der Waals surface area (Å²) in [5.74, 6) is 1.78. The molecule has 2 aliphatic carbocycles. The molecule has 18 heavy (non-hydrogen) atoms. The van der Waals surface area contributed by atoms with Gasteiger partial charge >= 0.3 is 0 Å². The van der Waals surface area contributed by atoms with Crippen LogP contribution in [0.3, 0.4) is 0 Å². The number of benzene rings is 1. The monoisotopic (exact) mass is 355 g/mol. The van der Waals surface area contributed by atoms with Crippen molar-refractivity contribution >= 4 is 28.5 Å². The van der Waals surface area contributed by atoms with E-state index in [1.807, 2.05) is 24.3 Å². The maximum Gasteiger partial charge on any atom is 0.253 e. The highest BCUT2D eigenvalue weighted by molar-refractivity contribution is 14.1. The Labute approximate surface area is 122 Å². The molecule has 2 saturated carbocycles. The van der Waals surface area contributed by atoms with Gasteiger partial charge in [-0.1, -0.05) is 6.07 Å². The molecule has 1 aromatic carbocycles. The largest absolute Gasteiger partial charge is 0.338 e. The van der Waals surface area contributed by atoms with Crippen LogP contribution in [0, 0.1) is 15.4 Å². The fraction of sp³-hybridized carbons (Fsp3) is 0.533. The van der Waals surface area contributed by atoms with Gasteiger partial charge in [-0.3, -0.25) is 4.79 Å². The molecule has 0 atom stereocenters. The number of hydrogen-bond donors (Lipinski definition) is 0. The van der Waals surface area contributed by atoms with E-state index in [2.05, 4.69) is 27.5 Å². The minimum Gasteiger partial charge on any atom is -0.338 e. The topological polar surface area (TPSA) is 20.3 Å². The highest BCUT2D eigenvalue weighted by atomic mass is 127. The van der Waals surface area contributed by atoms with E-state index in [9.17, 15) is 4.79 Å². The normalized spacial score (nSPS) is 18.7. The summed E-state index contributed by atoms with van der Waals surface area (Å²) in [5.41, 5.74) is 0.850. The van der Waals surface area contributed by atoms with Crippen molar-refractivity contribution in [2.24, 2.45) is 11.8 Å².